The molecule has 0 amide bonds. The van der Waals surface area contributed by atoms with Crippen molar-refractivity contribution in [3.63, 3.8) is 0 Å². The van der Waals surface area contributed by atoms with E-state index in [-0.39, 0.29) is 0 Å². The molecular formula is C18H29IN2. The molecule has 21 heavy (non-hydrogen) atoms. The molecule has 0 bridgehead atoms. The van der Waals surface area contributed by atoms with Crippen LogP contribution in [-0.4, -0.2) is 30.1 Å². The maximum absolute atomic E-state index is 3.77. The van der Waals surface area contributed by atoms with Crippen LogP contribution in [0.1, 0.15) is 39.7 Å². The number of nitrogens with one attached hydrogen (secondary N) is 1. The van der Waals surface area contributed by atoms with Crippen LogP contribution in [-0.2, 0) is 6.54 Å². The Morgan fingerprint density at radius 3 is 2.48 bits per heavy atom. The maximum Gasteiger partial charge on any atom is 0.0250 e. The fourth-order valence-corrected chi connectivity index (χ4v) is 3.50. The Balaban J connectivity index is 2.10. The molecule has 0 spiro atoms. The number of nitrogens with zero attached hydrogens (tertiary/aromatic N) is 1. The Bertz CT molecular complexity index is 429. The fourth-order valence-electron chi connectivity index (χ4n) is 3.14. The number of rotatable bonds is 5. The van der Waals surface area contributed by atoms with Gasteiger partial charge in [0.05, 0.1) is 0 Å². The standard InChI is InChI=1S/C18H29IN2/c1-5-14(4)18-10-20-17(13(2)3)12-21(18)11-15-6-8-16(19)9-7-15/h6-9,13-14,17-18,20H,5,10-12H2,1-4H3. The molecule has 2 rings (SSSR count). The number of hydrogen-bond donors (Lipinski definition) is 1. The van der Waals surface area contributed by atoms with E-state index in [1.165, 1.54) is 22.1 Å². The van der Waals surface area contributed by atoms with Crippen LogP contribution in [0.25, 0.3) is 0 Å². The summed E-state index contributed by atoms with van der Waals surface area (Å²) in [5.74, 6) is 1.44. The summed E-state index contributed by atoms with van der Waals surface area (Å²) in [5, 5.41) is 3.77. The van der Waals surface area contributed by atoms with Crippen LogP contribution < -0.4 is 5.32 Å². The number of halogens is 1. The Morgan fingerprint density at radius 1 is 1.24 bits per heavy atom. The quantitative estimate of drug-likeness (QED) is 0.748. The highest BCUT2D eigenvalue weighted by molar-refractivity contribution is 14.1. The molecule has 0 radical (unpaired) electrons. The molecule has 3 unspecified atom stereocenters. The average Bonchev–Trinajstić information content (AvgIpc) is 2.48. The molecule has 1 heterocycles. The van der Waals surface area contributed by atoms with E-state index in [2.05, 4.69) is 84.8 Å². The first-order valence-electron chi connectivity index (χ1n) is 8.23. The lowest BCUT2D eigenvalue weighted by molar-refractivity contribution is 0.0722. The summed E-state index contributed by atoms with van der Waals surface area (Å²) in [4.78, 5) is 2.71. The first kappa shape index (κ1) is 17.2. The minimum atomic E-state index is 0.620. The summed E-state index contributed by atoms with van der Waals surface area (Å²) in [6.07, 6.45) is 1.25. The first-order chi connectivity index (χ1) is 10.0. The Morgan fingerprint density at radius 2 is 1.90 bits per heavy atom. The lowest BCUT2D eigenvalue weighted by Gasteiger charge is -2.44. The number of piperazine rings is 1. The van der Waals surface area contributed by atoms with Crippen molar-refractivity contribution in [3.05, 3.63) is 33.4 Å². The Kier molecular flexibility index (Phi) is 6.51. The van der Waals surface area contributed by atoms with Crippen LogP contribution in [0.5, 0.6) is 0 Å². The van der Waals surface area contributed by atoms with Crippen molar-refractivity contribution >= 4 is 22.6 Å². The highest BCUT2D eigenvalue weighted by Gasteiger charge is 2.31. The molecular weight excluding hydrogens is 371 g/mol. The van der Waals surface area contributed by atoms with Crippen molar-refractivity contribution in [1.29, 1.82) is 0 Å². The molecule has 1 aliphatic rings. The molecule has 1 aromatic carbocycles. The van der Waals surface area contributed by atoms with Gasteiger partial charge in [-0.3, -0.25) is 4.90 Å². The van der Waals surface area contributed by atoms with Gasteiger partial charge in [0.2, 0.25) is 0 Å². The second-order valence-corrected chi connectivity index (χ2v) is 8.01. The zero-order valence-electron chi connectivity index (χ0n) is 13.8. The third-order valence-corrected chi connectivity index (χ3v) is 5.61. The van der Waals surface area contributed by atoms with E-state index < -0.39 is 0 Å². The second kappa shape index (κ2) is 7.93. The van der Waals surface area contributed by atoms with Gasteiger partial charge in [-0.1, -0.05) is 46.2 Å². The smallest absolute Gasteiger partial charge is 0.0250 e. The van der Waals surface area contributed by atoms with E-state index in [1.807, 2.05) is 0 Å². The molecule has 118 valence electrons. The van der Waals surface area contributed by atoms with Crippen LogP contribution in [0.4, 0.5) is 0 Å². The Labute approximate surface area is 143 Å². The van der Waals surface area contributed by atoms with E-state index in [0.717, 1.165) is 19.0 Å². The van der Waals surface area contributed by atoms with Crippen molar-refractivity contribution in [3.8, 4) is 0 Å². The topological polar surface area (TPSA) is 15.3 Å². The summed E-state index contributed by atoms with van der Waals surface area (Å²) in [6.45, 7) is 12.7. The summed E-state index contributed by atoms with van der Waals surface area (Å²) in [7, 11) is 0. The van der Waals surface area contributed by atoms with E-state index in [0.29, 0.717) is 18.0 Å². The molecule has 3 atom stereocenters. The van der Waals surface area contributed by atoms with Crippen LogP contribution in [0.15, 0.2) is 24.3 Å². The molecule has 0 saturated carbocycles. The van der Waals surface area contributed by atoms with Crippen molar-refractivity contribution < 1.29 is 0 Å². The third kappa shape index (κ3) is 4.67. The molecule has 1 saturated heterocycles. The highest BCUT2D eigenvalue weighted by Crippen LogP contribution is 2.23. The van der Waals surface area contributed by atoms with Gasteiger partial charge >= 0.3 is 0 Å². The Hall–Kier alpha value is -0.130. The molecule has 1 N–H and O–H groups in total. The van der Waals surface area contributed by atoms with Crippen molar-refractivity contribution in [2.45, 2.75) is 52.7 Å². The summed E-state index contributed by atoms with van der Waals surface area (Å²) in [6, 6.07) is 10.3. The van der Waals surface area contributed by atoms with Crippen molar-refractivity contribution in [1.82, 2.24) is 10.2 Å². The number of hydrogen-bond acceptors (Lipinski definition) is 2. The lowest BCUT2D eigenvalue weighted by Crippen LogP contribution is -2.59. The van der Waals surface area contributed by atoms with Gasteiger partial charge in [-0.25, -0.2) is 0 Å². The molecule has 3 heteroatoms. The molecule has 0 aromatic heterocycles. The van der Waals surface area contributed by atoms with Crippen LogP contribution in [0.2, 0.25) is 0 Å². The molecule has 1 aliphatic heterocycles. The zero-order chi connectivity index (χ0) is 15.4. The van der Waals surface area contributed by atoms with Crippen LogP contribution in [0, 0.1) is 15.4 Å². The van der Waals surface area contributed by atoms with Gasteiger partial charge in [0.1, 0.15) is 0 Å². The van der Waals surface area contributed by atoms with Gasteiger partial charge in [0, 0.05) is 35.3 Å². The van der Waals surface area contributed by atoms with Crippen LogP contribution >= 0.6 is 22.6 Å². The van der Waals surface area contributed by atoms with Gasteiger partial charge in [0.15, 0.2) is 0 Å². The predicted molar refractivity (Wildman–Crippen MR) is 99.4 cm³/mol. The van der Waals surface area contributed by atoms with Gasteiger partial charge in [-0.2, -0.15) is 0 Å². The molecule has 0 aliphatic carbocycles. The largest absolute Gasteiger partial charge is 0.311 e. The minimum Gasteiger partial charge on any atom is -0.311 e. The monoisotopic (exact) mass is 400 g/mol. The zero-order valence-corrected chi connectivity index (χ0v) is 15.9. The first-order valence-corrected chi connectivity index (χ1v) is 9.31. The lowest BCUT2D eigenvalue weighted by atomic mass is 9.91. The maximum atomic E-state index is 3.77. The summed E-state index contributed by atoms with van der Waals surface area (Å²) < 4.78 is 1.31. The van der Waals surface area contributed by atoms with E-state index >= 15 is 0 Å². The van der Waals surface area contributed by atoms with Crippen LogP contribution in [0.3, 0.4) is 0 Å². The SMILES string of the molecule is CCC(C)C1CNC(C(C)C)CN1Cc1ccc(I)cc1. The van der Waals surface area contributed by atoms with Crippen molar-refractivity contribution in [2.75, 3.05) is 13.1 Å². The van der Waals surface area contributed by atoms with E-state index in [4.69, 9.17) is 0 Å². The van der Waals surface area contributed by atoms with Crippen molar-refractivity contribution in [2.24, 2.45) is 11.8 Å². The minimum absolute atomic E-state index is 0.620. The van der Waals surface area contributed by atoms with E-state index in [1.54, 1.807) is 0 Å². The fraction of sp³-hybridized carbons (Fsp3) is 0.667. The van der Waals surface area contributed by atoms with Gasteiger partial charge in [0.25, 0.3) is 0 Å². The predicted octanol–water partition coefficient (Wildman–Crippen LogP) is 4.14. The third-order valence-electron chi connectivity index (χ3n) is 4.89. The number of benzene rings is 1. The summed E-state index contributed by atoms with van der Waals surface area (Å²) >= 11 is 2.38. The van der Waals surface area contributed by atoms with Gasteiger partial charge in [-0.15, -0.1) is 0 Å². The van der Waals surface area contributed by atoms with E-state index in [9.17, 15) is 0 Å². The second-order valence-electron chi connectivity index (χ2n) is 6.77. The van der Waals surface area contributed by atoms with Gasteiger partial charge in [-0.05, 0) is 52.1 Å². The molecule has 1 fully saturated rings. The average molecular weight is 400 g/mol. The van der Waals surface area contributed by atoms with Gasteiger partial charge < -0.3 is 5.32 Å². The highest BCUT2D eigenvalue weighted by atomic mass is 127. The normalized spacial score (nSPS) is 25.2. The molecule has 1 aromatic rings. The summed E-state index contributed by atoms with van der Waals surface area (Å²) in [5.41, 5.74) is 1.44. The molecule has 2 nitrogen and oxygen atoms in total.